The SMILES string of the molecule is COC(=O)C=CC=C(C)C=CC=C(C)C=CC=C(C)C=CC=C(C)C=CC(=O)O. The number of carbonyl (C=O) groups excluding carboxylic acids is 1. The maximum absolute atomic E-state index is 11.0. The molecule has 4 nitrogen and oxygen atoms in total. The summed E-state index contributed by atoms with van der Waals surface area (Å²) in [6, 6.07) is 0. The van der Waals surface area contributed by atoms with E-state index in [1.165, 1.54) is 13.2 Å². The average molecular weight is 395 g/mol. The standard InChI is InChI=1S/C25H30O4/c1-20(12-7-13-22(3)16-9-17-25(28)29-5)10-6-11-21(2)14-8-15-23(4)18-19-24(26)27/h6-19H,1-5H3,(H,26,27). The fourth-order valence-corrected chi connectivity index (χ4v) is 1.83. The number of esters is 1. The van der Waals surface area contributed by atoms with E-state index in [0.717, 1.165) is 28.4 Å². The van der Waals surface area contributed by atoms with Crippen LogP contribution in [0.3, 0.4) is 0 Å². The summed E-state index contributed by atoms with van der Waals surface area (Å²) in [4.78, 5) is 21.4. The van der Waals surface area contributed by atoms with Crippen molar-refractivity contribution in [1.29, 1.82) is 0 Å². The highest BCUT2D eigenvalue weighted by molar-refractivity contribution is 5.82. The van der Waals surface area contributed by atoms with Gasteiger partial charge in [-0.2, -0.15) is 0 Å². The zero-order valence-corrected chi connectivity index (χ0v) is 17.8. The van der Waals surface area contributed by atoms with Crippen molar-refractivity contribution in [3.05, 3.63) is 107 Å². The van der Waals surface area contributed by atoms with Crippen LogP contribution in [0.1, 0.15) is 27.7 Å². The number of carboxylic acids is 1. The van der Waals surface area contributed by atoms with Gasteiger partial charge in [-0.3, -0.25) is 0 Å². The van der Waals surface area contributed by atoms with E-state index in [0.29, 0.717) is 0 Å². The van der Waals surface area contributed by atoms with E-state index < -0.39 is 5.97 Å². The first-order valence-corrected chi connectivity index (χ1v) is 9.13. The van der Waals surface area contributed by atoms with E-state index in [4.69, 9.17) is 5.11 Å². The molecule has 0 aliphatic rings. The Morgan fingerprint density at radius 3 is 1.28 bits per heavy atom. The van der Waals surface area contributed by atoms with Crippen LogP contribution in [0.15, 0.2) is 107 Å². The number of aliphatic carboxylic acids is 1. The number of hydrogen-bond acceptors (Lipinski definition) is 3. The van der Waals surface area contributed by atoms with Gasteiger partial charge in [-0.05, 0) is 27.7 Å². The number of allylic oxidation sites excluding steroid dienone is 16. The second-order valence-corrected chi connectivity index (χ2v) is 6.27. The third kappa shape index (κ3) is 16.5. The highest BCUT2D eigenvalue weighted by atomic mass is 16.5. The summed E-state index contributed by atoms with van der Waals surface area (Å²) in [5.41, 5.74) is 4.05. The molecule has 0 unspecified atom stereocenters. The van der Waals surface area contributed by atoms with E-state index in [2.05, 4.69) is 4.74 Å². The molecule has 0 bridgehead atoms. The average Bonchev–Trinajstić information content (AvgIpc) is 2.66. The molecule has 0 aliphatic carbocycles. The predicted octanol–water partition coefficient (Wildman–Crippen LogP) is 5.81. The van der Waals surface area contributed by atoms with Gasteiger partial charge in [0.25, 0.3) is 0 Å². The molecule has 1 N–H and O–H groups in total. The zero-order valence-electron chi connectivity index (χ0n) is 17.8. The highest BCUT2D eigenvalue weighted by Gasteiger charge is 1.88. The van der Waals surface area contributed by atoms with Crippen molar-refractivity contribution < 1.29 is 19.4 Å². The Hall–Kier alpha value is -3.40. The Bertz CT molecular complexity index is 823. The molecule has 0 spiro atoms. The highest BCUT2D eigenvalue weighted by Crippen LogP contribution is 2.03. The summed E-state index contributed by atoms with van der Waals surface area (Å²) in [6.07, 6.45) is 25.1. The first kappa shape index (κ1) is 25.6. The second kappa shape index (κ2) is 15.6. The van der Waals surface area contributed by atoms with Crippen molar-refractivity contribution in [2.24, 2.45) is 0 Å². The van der Waals surface area contributed by atoms with Crippen molar-refractivity contribution in [3.8, 4) is 0 Å². The third-order valence-corrected chi connectivity index (χ3v) is 3.44. The summed E-state index contributed by atoms with van der Waals surface area (Å²) in [5.74, 6) is -1.33. The summed E-state index contributed by atoms with van der Waals surface area (Å²) in [5, 5.41) is 8.58. The monoisotopic (exact) mass is 394 g/mol. The number of ether oxygens (including phenoxy) is 1. The first-order chi connectivity index (χ1) is 13.7. The molecule has 4 heteroatoms. The van der Waals surface area contributed by atoms with Crippen LogP contribution in [0.4, 0.5) is 0 Å². The lowest BCUT2D eigenvalue weighted by Gasteiger charge is -1.91. The van der Waals surface area contributed by atoms with E-state index in [9.17, 15) is 9.59 Å². The van der Waals surface area contributed by atoms with Crippen LogP contribution in [-0.2, 0) is 14.3 Å². The van der Waals surface area contributed by atoms with E-state index >= 15 is 0 Å². The Labute approximate surface area is 174 Å². The zero-order chi connectivity index (χ0) is 22.1. The predicted molar refractivity (Wildman–Crippen MR) is 120 cm³/mol. The smallest absolute Gasteiger partial charge is 0.330 e. The molecule has 0 atom stereocenters. The third-order valence-electron chi connectivity index (χ3n) is 3.44. The van der Waals surface area contributed by atoms with Crippen molar-refractivity contribution >= 4 is 11.9 Å². The van der Waals surface area contributed by atoms with Gasteiger partial charge in [0.1, 0.15) is 0 Å². The normalized spacial score (nSPS) is 14.9. The molecule has 0 fully saturated rings. The van der Waals surface area contributed by atoms with Crippen molar-refractivity contribution in [1.82, 2.24) is 0 Å². The minimum absolute atomic E-state index is 0.377. The van der Waals surface area contributed by atoms with Gasteiger partial charge < -0.3 is 9.84 Å². The minimum Gasteiger partial charge on any atom is -0.478 e. The van der Waals surface area contributed by atoms with Crippen LogP contribution >= 0.6 is 0 Å². The van der Waals surface area contributed by atoms with Gasteiger partial charge in [-0.1, -0.05) is 95.2 Å². The topological polar surface area (TPSA) is 63.6 Å². The van der Waals surface area contributed by atoms with Crippen LogP contribution in [0, 0.1) is 0 Å². The number of carboxylic acid groups (broad SMARTS) is 1. The number of methoxy groups -OCH3 is 1. The molecular formula is C25H30O4. The summed E-state index contributed by atoms with van der Waals surface area (Å²) >= 11 is 0. The van der Waals surface area contributed by atoms with Gasteiger partial charge >= 0.3 is 11.9 Å². The molecular weight excluding hydrogens is 364 g/mol. The molecule has 0 amide bonds. The molecule has 0 saturated carbocycles. The molecule has 154 valence electrons. The molecule has 0 radical (unpaired) electrons. The maximum atomic E-state index is 11.0. The lowest BCUT2D eigenvalue weighted by atomic mass is 10.2. The van der Waals surface area contributed by atoms with Gasteiger partial charge in [0.05, 0.1) is 7.11 Å². The molecule has 0 aromatic carbocycles. The Kier molecular flexibility index (Phi) is 13.8. The lowest BCUT2D eigenvalue weighted by Crippen LogP contribution is -1.92. The second-order valence-electron chi connectivity index (χ2n) is 6.27. The summed E-state index contributed by atoms with van der Waals surface area (Å²) in [7, 11) is 1.35. The number of carbonyl (C=O) groups is 2. The first-order valence-electron chi connectivity index (χ1n) is 9.13. The van der Waals surface area contributed by atoms with Gasteiger partial charge in [-0.15, -0.1) is 0 Å². The van der Waals surface area contributed by atoms with Crippen molar-refractivity contribution in [2.45, 2.75) is 27.7 Å². The summed E-state index contributed by atoms with van der Waals surface area (Å²) < 4.78 is 4.52. The van der Waals surface area contributed by atoms with Gasteiger partial charge in [0, 0.05) is 12.2 Å². The quantitative estimate of drug-likeness (QED) is 0.288. The Balaban J connectivity index is 4.69. The largest absolute Gasteiger partial charge is 0.478 e. The van der Waals surface area contributed by atoms with Crippen LogP contribution < -0.4 is 0 Å². The van der Waals surface area contributed by atoms with Crippen LogP contribution in [0.25, 0.3) is 0 Å². The molecule has 0 heterocycles. The maximum Gasteiger partial charge on any atom is 0.330 e. The summed E-state index contributed by atoms with van der Waals surface area (Å²) in [6.45, 7) is 7.79. The van der Waals surface area contributed by atoms with Crippen LogP contribution in [-0.4, -0.2) is 24.2 Å². The van der Waals surface area contributed by atoms with Crippen molar-refractivity contribution in [3.63, 3.8) is 0 Å². The van der Waals surface area contributed by atoms with Crippen LogP contribution in [0.2, 0.25) is 0 Å². The van der Waals surface area contributed by atoms with E-state index in [1.807, 2.05) is 88.5 Å². The molecule has 29 heavy (non-hydrogen) atoms. The molecule has 0 saturated heterocycles. The Morgan fingerprint density at radius 1 is 0.586 bits per heavy atom. The molecule has 0 aliphatic heterocycles. The van der Waals surface area contributed by atoms with Gasteiger partial charge in [0.15, 0.2) is 0 Å². The van der Waals surface area contributed by atoms with Crippen LogP contribution in [0.5, 0.6) is 0 Å². The van der Waals surface area contributed by atoms with E-state index in [1.54, 1.807) is 12.2 Å². The Morgan fingerprint density at radius 2 is 0.931 bits per heavy atom. The van der Waals surface area contributed by atoms with Gasteiger partial charge in [-0.25, -0.2) is 9.59 Å². The fourth-order valence-electron chi connectivity index (χ4n) is 1.83. The molecule has 0 rings (SSSR count). The molecule has 0 aromatic heterocycles. The van der Waals surface area contributed by atoms with Crippen molar-refractivity contribution in [2.75, 3.05) is 7.11 Å². The number of rotatable bonds is 10. The number of hydrogen-bond donors (Lipinski definition) is 1. The van der Waals surface area contributed by atoms with Gasteiger partial charge in [0.2, 0.25) is 0 Å². The fraction of sp³-hybridized carbons (Fsp3) is 0.200. The lowest BCUT2D eigenvalue weighted by molar-refractivity contribution is -0.135. The molecule has 0 aromatic rings. The van der Waals surface area contributed by atoms with E-state index in [-0.39, 0.29) is 5.97 Å². The minimum atomic E-state index is -0.956.